The highest BCUT2D eigenvalue weighted by molar-refractivity contribution is 5.90. The van der Waals surface area contributed by atoms with Crippen LogP contribution in [0.25, 0.3) is 0 Å². The molecule has 1 rings (SSSR count). The van der Waals surface area contributed by atoms with Gasteiger partial charge in [0.1, 0.15) is 5.69 Å². The van der Waals surface area contributed by atoms with E-state index in [0.29, 0.717) is 5.69 Å². The van der Waals surface area contributed by atoms with E-state index in [0.717, 1.165) is 0 Å². The molecular weight excluding hydrogens is 219 g/mol. The second kappa shape index (κ2) is 4.98. The Hall–Kier alpha value is -2.06. The quantitative estimate of drug-likeness (QED) is 0.631. The summed E-state index contributed by atoms with van der Waals surface area (Å²) >= 11 is 0. The lowest BCUT2D eigenvalue weighted by Crippen LogP contribution is -2.21. The molecule has 9 heteroatoms. The first-order chi connectivity index (χ1) is 6.75. The van der Waals surface area contributed by atoms with Gasteiger partial charge in [-0.15, -0.1) is 0 Å². The highest BCUT2D eigenvalue weighted by atomic mass is 19.4. The number of alkyl halides is 3. The number of imidazole rings is 1. The second-order valence-electron chi connectivity index (χ2n) is 2.13. The van der Waals surface area contributed by atoms with E-state index in [1.807, 2.05) is 0 Å². The minimum atomic E-state index is -5.08. The zero-order valence-electron chi connectivity index (χ0n) is 7.08. The summed E-state index contributed by atoms with van der Waals surface area (Å²) in [6, 6.07) is 0. The Morgan fingerprint density at radius 1 is 1.47 bits per heavy atom. The van der Waals surface area contributed by atoms with Crippen molar-refractivity contribution in [3.63, 3.8) is 0 Å². The molecule has 0 aliphatic heterocycles. The Balaban J connectivity index is 0.000000265. The van der Waals surface area contributed by atoms with Gasteiger partial charge in [-0.05, 0) is 0 Å². The lowest BCUT2D eigenvalue weighted by Gasteiger charge is -1.93. The molecule has 1 amide bonds. The predicted molar refractivity (Wildman–Crippen MR) is 40.8 cm³/mol. The lowest BCUT2D eigenvalue weighted by molar-refractivity contribution is -0.192. The van der Waals surface area contributed by atoms with Gasteiger partial charge in [0, 0.05) is 0 Å². The molecule has 0 radical (unpaired) electrons. The summed E-state index contributed by atoms with van der Waals surface area (Å²) in [6.45, 7) is 0. The standard InChI is InChI=1S/C4H5N3O.C2HF3O2/c5-4(8)3-1-6-2-7-3;3-2(4,5)1(6)7/h1-2H,(H2,5,8)(H,6,7);(H,6,7). The van der Waals surface area contributed by atoms with E-state index in [4.69, 9.17) is 15.6 Å². The molecule has 0 aromatic carbocycles. The highest BCUT2D eigenvalue weighted by Crippen LogP contribution is 2.13. The van der Waals surface area contributed by atoms with Crippen molar-refractivity contribution < 1.29 is 27.9 Å². The first-order valence-electron chi connectivity index (χ1n) is 3.33. The van der Waals surface area contributed by atoms with Crippen LogP contribution in [0.1, 0.15) is 10.5 Å². The molecule has 0 atom stereocenters. The number of aliphatic carboxylic acids is 1. The highest BCUT2D eigenvalue weighted by Gasteiger charge is 2.38. The molecule has 15 heavy (non-hydrogen) atoms. The number of nitrogens with two attached hydrogens (primary N) is 1. The first-order valence-corrected chi connectivity index (χ1v) is 3.33. The van der Waals surface area contributed by atoms with Crippen LogP contribution in [0, 0.1) is 0 Å². The van der Waals surface area contributed by atoms with Crippen LogP contribution < -0.4 is 5.73 Å². The smallest absolute Gasteiger partial charge is 0.475 e. The summed E-state index contributed by atoms with van der Waals surface area (Å²) in [5, 5.41) is 7.12. The number of aromatic amines is 1. The lowest BCUT2D eigenvalue weighted by atomic mass is 10.5. The van der Waals surface area contributed by atoms with E-state index in [-0.39, 0.29) is 0 Å². The first kappa shape index (κ1) is 12.9. The number of carboxylic acid groups (broad SMARTS) is 1. The molecule has 6 nitrogen and oxygen atoms in total. The minimum Gasteiger partial charge on any atom is -0.475 e. The Kier molecular flexibility index (Phi) is 4.30. The number of amides is 1. The number of nitrogens with one attached hydrogen (secondary N) is 1. The van der Waals surface area contributed by atoms with Crippen molar-refractivity contribution in [2.45, 2.75) is 6.18 Å². The van der Waals surface area contributed by atoms with Gasteiger partial charge in [-0.2, -0.15) is 13.2 Å². The zero-order chi connectivity index (χ0) is 12.1. The average molecular weight is 225 g/mol. The van der Waals surface area contributed by atoms with Crippen LogP contribution in [0.15, 0.2) is 12.5 Å². The number of primary amides is 1. The number of nitrogens with zero attached hydrogens (tertiary/aromatic N) is 1. The molecule has 0 aliphatic carbocycles. The molecule has 1 aromatic rings. The normalized spacial score (nSPS) is 10.1. The zero-order valence-corrected chi connectivity index (χ0v) is 7.08. The summed E-state index contributed by atoms with van der Waals surface area (Å²) in [5.74, 6) is -3.24. The van der Waals surface area contributed by atoms with Crippen LogP contribution in [0.2, 0.25) is 0 Å². The van der Waals surface area contributed by atoms with Crippen LogP contribution in [-0.2, 0) is 4.79 Å². The van der Waals surface area contributed by atoms with Crippen LogP contribution in [0.3, 0.4) is 0 Å². The Morgan fingerprint density at radius 3 is 2.07 bits per heavy atom. The predicted octanol–water partition coefficient (Wildman–Crippen LogP) is 0.142. The van der Waals surface area contributed by atoms with E-state index in [1.54, 1.807) is 0 Å². The van der Waals surface area contributed by atoms with Crippen LogP contribution in [0.5, 0.6) is 0 Å². The van der Waals surface area contributed by atoms with Crippen molar-refractivity contribution in [1.82, 2.24) is 9.97 Å². The number of hydrogen-bond acceptors (Lipinski definition) is 3. The minimum absolute atomic E-state index is 0.338. The number of hydrogen-bond donors (Lipinski definition) is 3. The van der Waals surface area contributed by atoms with Gasteiger partial charge in [-0.1, -0.05) is 0 Å². The molecule has 0 unspecified atom stereocenters. The van der Waals surface area contributed by atoms with Crippen molar-refractivity contribution in [1.29, 1.82) is 0 Å². The third-order valence-electron chi connectivity index (χ3n) is 1.01. The van der Waals surface area contributed by atoms with Crippen molar-refractivity contribution in [3.8, 4) is 0 Å². The third-order valence-corrected chi connectivity index (χ3v) is 1.01. The maximum absolute atomic E-state index is 10.6. The molecule has 0 bridgehead atoms. The number of aromatic nitrogens is 2. The number of carbonyl (C=O) groups excluding carboxylic acids is 1. The summed E-state index contributed by atoms with van der Waals surface area (Å²) < 4.78 is 31.7. The molecule has 1 heterocycles. The van der Waals surface area contributed by atoms with E-state index >= 15 is 0 Å². The topological polar surface area (TPSA) is 109 Å². The summed E-state index contributed by atoms with van der Waals surface area (Å²) in [5.41, 5.74) is 5.19. The maximum atomic E-state index is 10.6. The fraction of sp³-hybridized carbons (Fsp3) is 0.167. The summed E-state index contributed by atoms with van der Waals surface area (Å²) in [4.78, 5) is 25.2. The Bertz CT molecular complexity index is 333. The largest absolute Gasteiger partial charge is 0.490 e. The molecule has 4 N–H and O–H groups in total. The number of H-pyrrole nitrogens is 1. The Morgan fingerprint density at radius 2 is 1.93 bits per heavy atom. The van der Waals surface area contributed by atoms with Gasteiger partial charge in [0.05, 0.1) is 12.5 Å². The van der Waals surface area contributed by atoms with Crippen LogP contribution in [0.4, 0.5) is 13.2 Å². The van der Waals surface area contributed by atoms with Crippen molar-refractivity contribution in [2.24, 2.45) is 5.73 Å². The van der Waals surface area contributed by atoms with E-state index in [2.05, 4.69) is 9.97 Å². The van der Waals surface area contributed by atoms with Crippen LogP contribution >= 0.6 is 0 Å². The number of rotatable bonds is 1. The van der Waals surface area contributed by atoms with E-state index < -0.39 is 18.1 Å². The van der Waals surface area contributed by atoms with E-state index in [9.17, 15) is 18.0 Å². The number of carboxylic acids is 1. The van der Waals surface area contributed by atoms with Crippen molar-refractivity contribution in [3.05, 3.63) is 18.2 Å². The summed E-state index contributed by atoms with van der Waals surface area (Å²) in [6.07, 6.45) is -2.30. The monoisotopic (exact) mass is 225 g/mol. The molecule has 0 spiro atoms. The number of halogens is 3. The summed E-state index contributed by atoms with van der Waals surface area (Å²) in [7, 11) is 0. The average Bonchev–Trinajstić information content (AvgIpc) is 2.54. The fourth-order valence-corrected chi connectivity index (χ4v) is 0.391. The fourth-order valence-electron chi connectivity index (χ4n) is 0.391. The van der Waals surface area contributed by atoms with Crippen molar-refractivity contribution >= 4 is 11.9 Å². The van der Waals surface area contributed by atoms with Crippen LogP contribution in [-0.4, -0.2) is 33.1 Å². The van der Waals surface area contributed by atoms with Gasteiger partial charge in [0.25, 0.3) is 5.91 Å². The van der Waals surface area contributed by atoms with Gasteiger partial charge in [0.2, 0.25) is 0 Å². The molecule has 84 valence electrons. The van der Waals surface area contributed by atoms with Gasteiger partial charge < -0.3 is 15.8 Å². The van der Waals surface area contributed by atoms with E-state index in [1.165, 1.54) is 12.5 Å². The third kappa shape index (κ3) is 5.29. The molecule has 1 aromatic heterocycles. The molecule has 0 fully saturated rings. The molecule has 0 saturated carbocycles. The maximum Gasteiger partial charge on any atom is 0.490 e. The van der Waals surface area contributed by atoms with Gasteiger partial charge >= 0.3 is 12.1 Å². The number of carbonyl (C=O) groups is 2. The molecule has 0 saturated heterocycles. The van der Waals surface area contributed by atoms with Gasteiger partial charge in [-0.3, -0.25) is 4.79 Å². The second-order valence-corrected chi connectivity index (χ2v) is 2.13. The molecule has 0 aliphatic rings. The molecular formula is C6H6F3N3O3. The van der Waals surface area contributed by atoms with Gasteiger partial charge in [-0.25, -0.2) is 9.78 Å². The van der Waals surface area contributed by atoms with Gasteiger partial charge in [0.15, 0.2) is 0 Å². The Labute approximate surface area is 80.9 Å². The van der Waals surface area contributed by atoms with Crippen molar-refractivity contribution in [2.75, 3.05) is 0 Å². The SMILES string of the molecule is NC(=O)c1cnc[nH]1.O=C(O)C(F)(F)F.